The molecule has 0 aromatic heterocycles. The second-order valence-corrected chi connectivity index (χ2v) is 11.2. The molecular formula is C38H34F6O6. The lowest BCUT2D eigenvalue weighted by molar-refractivity contribution is -0.0509. The molecule has 6 nitrogen and oxygen atoms in total. The molecule has 12 heteroatoms. The first-order valence-electron chi connectivity index (χ1n) is 15.2. The molecule has 4 rings (SSSR count). The number of ketones is 2. The van der Waals surface area contributed by atoms with Gasteiger partial charge in [0, 0.05) is 22.3 Å². The Morgan fingerprint density at radius 2 is 0.920 bits per heavy atom. The predicted molar refractivity (Wildman–Crippen MR) is 175 cm³/mol. The molecule has 0 amide bonds. The summed E-state index contributed by atoms with van der Waals surface area (Å²) in [5.74, 6) is 3.06. The van der Waals surface area contributed by atoms with Gasteiger partial charge >= 0.3 is 13.2 Å². The zero-order valence-corrected chi connectivity index (χ0v) is 28.0. The highest BCUT2D eigenvalue weighted by atomic mass is 19.3. The predicted octanol–water partition coefficient (Wildman–Crippen LogP) is 9.51. The number of ether oxygens (including phenoxy) is 4. The Labute approximate surface area is 285 Å². The molecule has 50 heavy (non-hydrogen) atoms. The van der Waals surface area contributed by atoms with Crippen molar-refractivity contribution in [2.24, 2.45) is 0 Å². The molecule has 264 valence electrons. The number of halogens is 6. The Morgan fingerprint density at radius 1 is 0.520 bits per heavy atom. The van der Waals surface area contributed by atoms with Gasteiger partial charge in [-0.2, -0.15) is 17.6 Å². The van der Waals surface area contributed by atoms with Crippen molar-refractivity contribution in [1.29, 1.82) is 0 Å². The minimum absolute atomic E-state index is 0.0183. The highest BCUT2D eigenvalue weighted by molar-refractivity contribution is 6.49. The number of hydrogen-bond acceptors (Lipinski definition) is 6. The van der Waals surface area contributed by atoms with Crippen LogP contribution in [0.25, 0.3) is 0 Å². The minimum Gasteiger partial charge on any atom is -0.488 e. The van der Waals surface area contributed by atoms with Crippen molar-refractivity contribution in [1.82, 2.24) is 0 Å². The van der Waals surface area contributed by atoms with E-state index < -0.39 is 36.4 Å². The number of carbonyl (C=O) groups is 2. The summed E-state index contributed by atoms with van der Waals surface area (Å²) in [4.78, 5) is 24.8. The number of rotatable bonds is 11. The van der Waals surface area contributed by atoms with Crippen LogP contribution in [0.2, 0.25) is 0 Å². The molecule has 4 aromatic rings. The first-order valence-corrected chi connectivity index (χ1v) is 15.2. The van der Waals surface area contributed by atoms with E-state index in [1.165, 1.54) is 49.4 Å². The average molecular weight is 701 g/mol. The summed E-state index contributed by atoms with van der Waals surface area (Å²) in [5, 5.41) is 0. The van der Waals surface area contributed by atoms with E-state index in [-0.39, 0.29) is 51.9 Å². The van der Waals surface area contributed by atoms with Crippen molar-refractivity contribution in [3.63, 3.8) is 0 Å². The molecule has 0 unspecified atom stereocenters. The van der Waals surface area contributed by atoms with Crippen molar-refractivity contribution in [3.05, 3.63) is 118 Å². The van der Waals surface area contributed by atoms with Gasteiger partial charge in [-0.15, -0.1) is 0 Å². The number of hydrogen-bond donors (Lipinski definition) is 0. The second-order valence-electron chi connectivity index (χ2n) is 11.2. The summed E-state index contributed by atoms with van der Waals surface area (Å²) in [6.45, 7) is 4.30. The van der Waals surface area contributed by atoms with E-state index in [4.69, 9.17) is 9.47 Å². The van der Waals surface area contributed by atoms with E-state index in [9.17, 15) is 35.9 Å². The third kappa shape index (κ3) is 11.6. The fourth-order valence-corrected chi connectivity index (χ4v) is 4.29. The molecule has 4 aromatic carbocycles. The van der Waals surface area contributed by atoms with E-state index in [1.54, 1.807) is 39.0 Å². The Bertz CT molecular complexity index is 1880. The number of alkyl halides is 4. The van der Waals surface area contributed by atoms with Gasteiger partial charge in [-0.05, 0) is 125 Å². The molecule has 0 aliphatic carbocycles. The Balaban J connectivity index is 0.000000271. The van der Waals surface area contributed by atoms with Gasteiger partial charge in [0.1, 0.15) is 11.5 Å². The van der Waals surface area contributed by atoms with Crippen LogP contribution in [0, 0.1) is 37.3 Å². The van der Waals surface area contributed by atoms with Gasteiger partial charge < -0.3 is 18.9 Å². The van der Waals surface area contributed by atoms with Crippen molar-refractivity contribution in [2.75, 3.05) is 0 Å². The molecule has 0 aliphatic rings. The molecule has 0 atom stereocenters. The first-order chi connectivity index (χ1) is 23.5. The molecule has 0 fully saturated rings. The molecule has 0 bridgehead atoms. The van der Waals surface area contributed by atoms with Gasteiger partial charge in [-0.3, -0.25) is 9.59 Å². The standard InChI is InChI=1S/C19H17F3O4.C19H17F3O2/c1-10(2)25-16-9-13(4-6-14(16)20)18(24)17(23)12-5-7-15(11(3)8-12)26-19(21)22;1-12(2)23-18-11-15(6-8-16(18)20)5-4-14-7-9-17(13(3)10-14)24-19(21)22/h4-10,19H,1-3H3;6-12,19H,1-3H3. The summed E-state index contributed by atoms with van der Waals surface area (Å²) in [6.07, 6.45) is -0.455. The number of carbonyl (C=O) groups excluding carboxylic acids is 2. The molecule has 0 saturated heterocycles. The highest BCUT2D eigenvalue weighted by Gasteiger charge is 2.21. The average Bonchev–Trinajstić information content (AvgIpc) is 3.03. The lowest BCUT2D eigenvalue weighted by Crippen LogP contribution is -2.16. The van der Waals surface area contributed by atoms with E-state index in [1.807, 2.05) is 13.8 Å². The van der Waals surface area contributed by atoms with Crippen LogP contribution >= 0.6 is 0 Å². The van der Waals surface area contributed by atoms with Crippen LogP contribution in [-0.2, 0) is 0 Å². The summed E-state index contributed by atoms with van der Waals surface area (Å²) in [7, 11) is 0. The highest BCUT2D eigenvalue weighted by Crippen LogP contribution is 2.25. The van der Waals surface area contributed by atoms with Gasteiger partial charge in [0.2, 0.25) is 11.6 Å². The summed E-state index contributed by atoms with van der Waals surface area (Å²) in [6, 6.07) is 16.2. The Hall–Kier alpha value is -5.44. The first kappa shape index (κ1) is 39.0. The van der Waals surface area contributed by atoms with E-state index in [0.29, 0.717) is 16.7 Å². The van der Waals surface area contributed by atoms with Crippen LogP contribution < -0.4 is 18.9 Å². The lowest BCUT2D eigenvalue weighted by atomic mass is 9.99. The Morgan fingerprint density at radius 3 is 1.40 bits per heavy atom. The zero-order chi connectivity index (χ0) is 37.1. The minimum atomic E-state index is -2.99. The monoisotopic (exact) mass is 700 g/mol. The third-order valence-corrected chi connectivity index (χ3v) is 6.45. The topological polar surface area (TPSA) is 71.1 Å². The van der Waals surface area contributed by atoms with Crippen LogP contribution in [0.3, 0.4) is 0 Å². The van der Waals surface area contributed by atoms with Crippen LogP contribution in [0.5, 0.6) is 23.0 Å². The van der Waals surface area contributed by atoms with Gasteiger partial charge in [0.25, 0.3) is 0 Å². The largest absolute Gasteiger partial charge is 0.488 e. The zero-order valence-electron chi connectivity index (χ0n) is 28.0. The summed E-state index contributed by atoms with van der Waals surface area (Å²) < 4.78 is 95.8. The second kappa shape index (κ2) is 17.8. The molecule has 0 heterocycles. The van der Waals surface area contributed by atoms with E-state index >= 15 is 0 Å². The smallest absolute Gasteiger partial charge is 0.387 e. The van der Waals surface area contributed by atoms with Crippen molar-refractivity contribution in [3.8, 4) is 34.8 Å². The molecule has 0 aliphatic heterocycles. The van der Waals surface area contributed by atoms with Gasteiger partial charge in [0.15, 0.2) is 23.1 Å². The number of Topliss-reactive ketones (excluding diaryl/α,β-unsaturated/α-hetero) is 2. The quantitative estimate of drug-likeness (QED) is 0.0672. The number of benzene rings is 4. The molecular weight excluding hydrogens is 666 g/mol. The van der Waals surface area contributed by atoms with Crippen molar-refractivity contribution >= 4 is 11.6 Å². The molecule has 0 radical (unpaired) electrons. The fraction of sp³-hybridized carbons (Fsp3) is 0.263. The number of aryl methyl sites for hydroxylation is 2. The normalized spacial score (nSPS) is 10.7. The molecule has 0 spiro atoms. The maximum atomic E-state index is 13.7. The van der Waals surface area contributed by atoms with Crippen LogP contribution in [0.1, 0.15) is 70.7 Å². The molecule has 0 N–H and O–H groups in total. The maximum Gasteiger partial charge on any atom is 0.387 e. The molecule has 0 saturated carbocycles. The lowest BCUT2D eigenvalue weighted by Gasteiger charge is -2.12. The third-order valence-electron chi connectivity index (χ3n) is 6.45. The van der Waals surface area contributed by atoms with E-state index in [2.05, 4.69) is 21.3 Å². The van der Waals surface area contributed by atoms with E-state index in [0.717, 1.165) is 12.1 Å². The van der Waals surface area contributed by atoms with Crippen molar-refractivity contribution in [2.45, 2.75) is 67.0 Å². The maximum absolute atomic E-state index is 13.7. The summed E-state index contributed by atoms with van der Waals surface area (Å²) >= 11 is 0. The fourth-order valence-electron chi connectivity index (χ4n) is 4.29. The Kier molecular flexibility index (Phi) is 13.9. The summed E-state index contributed by atoms with van der Waals surface area (Å²) in [5.41, 5.74) is 2.07. The van der Waals surface area contributed by atoms with Crippen LogP contribution in [0.4, 0.5) is 26.3 Å². The van der Waals surface area contributed by atoms with Gasteiger partial charge in [-0.1, -0.05) is 11.8 Å². The van der Waals surface area contributed by atoms with Gasteiger partial charge in [0.05, 0.1) is 12.2 Å². The SMILES string of the molecule is Cc1cc(C#Cc2ccc(F)c(OC(C)C)c2)ccc1OC(F)F.Cc1cc(C(=O)C(=O)c2ccc(F)c(OC(C)C)c2)ccc1OC(F)F. The van der Waals surface area contributed by atoms with Crippen LogP contribution in [-0.4, -0.2) is 37.0 Å². The van der Waals surface area contributed by atoms with Gasteiger partial charge in [-0.25, -0.2) is 8.78 Å². The van der Waals surface area contributed by atoms with Crippen LogP contribution in [0.15, 0.2) is 72.8 Å². The van der Waals surface area contributed by atoms with Crippen molar-refractivity contribution < 1.29 is 54.9 Å².